The van der Waals surface area contributed by atoms with Gasteiger partial charge < -0.3 is 9.47 Å². The number of amides is 2. The number of anilines is 1. The van der Waals surface area contributed by atoms with Crippen LogP contribution in [0.4, 0.5) is 10.1 Å². The van der Waals surface area contributed by atoms with Crippen molar-refractivity contribution in [2.75, 3.05) is 12.0 Å². The summed E-state index contributed by atoms with van der Waals surface area (Å²) >= 11 is 5.31. The van der Waals surface area contributed by atoms with Crippen molar-refractivity contribution in [3.63, 3.8) is 0 Å². The highest BCUT2D eigenvalue weighted by Crippen LogP contribution is 2.35. The summed E-state index contributed by atoms with van der Waals surface area (Å²) in [5.41, 5.74) is 3.73. The van der Waals surface area contributed by atoms with Crippen LogP contribution in [0.25, 0.3) is 6.08 Å². The summed E-state index contributed by atoms with van der Waals surface area (Å²) in [6.45, 7) is 6.06. The van der Waals surface area contributed by atoms with Gasteiger partial charge >= 0.3 is 0 Å². The second-order valence-electron chi connectivity index (χ2n) is 8.60. The van der Waals surface area contributed by atoms with Gasteiger partial charge in [0.1, 0.15) is 18.0 Å². The monoisotopic (exact) mass is 530 g/mol. The Bertz CT molecular complexity index is 1420. The zero-order chi connectivity index (χ0) is 27.2. The number of rotatable bonds is 9. The summed E-state index contributed by atoms with van der Waals surface area (Å²) in [6.07, 6.45) is 4.53. The molecule has 38 heavy (non-hydrogen) atoms. The Morgan fingerprint density at radius 3 is 2.37 bits per heavy atom. The minimum absolute atomic E-state index is 0.0240. The molecule has 3 aromatic carbocycles. The van der Waals surface area contributed by atoms with E-state index >= 15 is 0 Å². The lowest BCUT2D eigenvalue weighted by Crippen LogP contribution is -2.54. The number of thiocarbonyl (C=S) groups is 1. The van der Waals surface area contributed by atoms with E-state index in [-0.39, 0.29) is 23.1 Å². The van der Waals surface area contributed by atoms with Gasteiger partial charge in [-0.3, -0.25) is 19.8 Å². The number of nitrogens with one attached hydrogen (secondary N) is 1. The van der Waals surface area contributed by atoms with Gasteiger partial charge in [-0.2, -0.15) is 0 Å². The molecule has 1 fully saturated rings. The first-order valence-electron chi connectivity index (χ1n) is 12.0. The first-order valence-corrected chi connectivity index (χ1v) is 12.4. The van der Waals surface area contributed by atoms with E-state index in [2.05, 4.69) is 11.9 Å². The first-order chi connectivity index (χ1) is 18.3. The van der Waals surface area contributed by atoms with Crippen LogP contribution in [0.1, 0.15) is 29.2 Å². The maximum Gasteiger partial charge on any atom is 0.270 e. The number of allylic oxidation sites excluding steroid dienone is 1. The largest absolute Gasteiger partial charge is 0.493 e. The number of benzene rings is 3. The standard InChI is InChI=1S/C30H27FN2O4S/c1-4-6-22-15-21(17-26(36-3)27(22)37-18-20-7-11-23(31)12-8-20)16-25-28(34)32-30(38)33(29(25)35)24-13-9-19(5-2)10-14-24/h4,7-17H,1,5-6,18H2,2-3H3,(H,32,34,38)/b25-16+. The highest BCUT2D eigenvalue weighted by atomic mass is 32.1. The highest BCUT2D eigenvalue weighted by Gasteiger charge is 2.34. The molecule has 1 aliphatic rings. The van der Waals surface area contributed by atoms with E-state index in [1.165, 1.54) is 30.2 Å². The first kappa shape index (κ1) is 26.8. The van der Waals surface area contributed by atoms with Crippen molar-refractivity contribution in [3.05, 3.63) is 107 Å². The molecule has 194 valence electrons. The van der Waals surface area contributed by atoms with Crippen LogP contribution in [-0.2, 0) is 29.0 Å². The van der Waals surface area contributed by atoms with Crippen molar-refractivity contribution < 1.29 is 23.5 Å². The van der Waals surface area contributed by atoms with Crippen LogP contribution in [0.15, 0.2) is 78.9 Å². The molecule has 0 atom stereocenters. The van der Waals surface area contributed by atoms with Gasteiger partial charge in [-0.15, -0.1) is 6.58 Å². The van der Waals surface area contributed by atoms with Crippen molar-refractivity contribution >= 4 is 40.9 Å². The number of hydrogen-bond donors (Lipinski definition) is 1. The average molecular weight is 531 g/mol. The van der Waals surface area contributed by atoms with E-state index in [1.54, 1.807) is 36.4 Å². The molecule has 0 aromatic heterocycles. The minimum Gasteiger partial charge on any atom is -0.493 e. The van der Waals surface area contributed by atoms with E-state index in [0.717, 1.165) is 23.1 Å². The van der Waals surface area contributed by atoms with Gasteiger partial charge in [0.15, 0.2) is 16.6 Å². The highest BCUT2D eigenvalue weighted by molar-refractivity contribution is 7.80. The molecule has 4 rings (SSSR count). The van der Waals surface area contributed by atoms with Crippen LogP contribution in [-0.4, -0.2) is 24.0 Å². The molecule has 1 N–H and O–H groups in total. The third kappa shape index (κ3) is 5.81. The van der Waals surface area contributed by atoms with Crippen LogP contribution in [0.3, 0.4) is 0 Å². The van der Waals surface area contributed by atoms with E-state index in [0.29, 0.717) is 29.2 Å². The second-order valence-corrected chi connectivity index (χ2v) is 8.98. The predicted octanol–water partition coefficient (Wildman–Crippen LogP) is 5.54. The molecule has 1 saturated heterocycles. The third-order valence-electron chi connectivity index (χ3n) is 6.05. The molecule has 8 heteroatoms. The smallest absolute Gasteiger partial charge is 0.270 e. The number of halogens is 1. The summed E-state index contributed by atoms with van der Waals surface area (Å²) in [4.78, 5) is 27.5. The summed E-state index contributed by atoms with van der Waals surface area (Å²) in [5.74, 6) is -0.512. The molecule has 0 bridgehead atoms. The number of ether oxygens (including phenoxy) is 2. The molecule has 0 unspecified atom stereocenters. The summed E-state index contributed by atoms with van der Waals surface area (Å²) in [7, 11) is 1.51. The van der Waals surface area contributed by atoms with E-state index in [4.69, 9.17) is 21.7 Å². The number of hydrogen-bond acceptors (Lipinski definition) is 5. The van der Waals surface area contributed by atoms with Gasteiger partial charge in [-0.1, -0.05) is 37.3 Å². The van der Waals surface area contributed by atoms with Gasteiger partial charge in [-0.05, 0) is 84.2 Å². The fraction of sp³-hybridized carbons (Fsp3) is 0.167. The van der Waals surface area contributed by atoms with Crippen molar-refractivity contribution in [2.24, 2.45) is 0 Å². The van der Waals surface area contributed by atoms with Crippen molar-refractivity contribution in [1.82, 2.24) is 5.32 Å². The van der Waals surface area contributed by atoms with Crippen molar-refractivity contribution in [2.45, 2.75) is 26.4 Å². The quantitative estimate of drug-likeness (QED) is 0.170. The SMILES string of the molecule is C=CCc1cc(/C=C2\C(=O)NC(=S)N(c3ccc(CC)cc3)C2=O)cc(OC)c1OCc1ccc(F)cc1. The van der Waals surface area contributed by atoms with E-state index < -0.39 is 11.8 Å². The lowest BCUT2D eigenvalue weighted by atomic mass is 10.0. The molecule has 0 aliphatic carbocycles. The summed E-state index contributed by atoms with van der Waals surface area (Å²) < 4.78 is 24.9. The molecule has 1 aliphatic heterocycles. The van der Waals surface area contributed by atoms with Crippen LogP contribution < -0.4 is 19.7 Å². The van der Waals surface area contributed by atoms with Crippen LogP contribution in [0.5, 0.6) is 11.5 Å². The average Bonchev–Trinajstić information content (AvgIpc) is 2.91. The fourth-order valence-electron chi connectivity index (χ4n) is 4.06. The number of aryl methyl sites for hydroxylation is 1. The molecule has 6 nitrogen and oxygen atoms in total. The van der Waals surface area contributed by atoms with Crippen LogP contribution >= 0.6 is 12.2 Å². The van der Waals surface area contributed by atoms with E-state index in [9.17, 15) is 14.0 Å². The minimum atomic E-state index is -0.581. The molecular weight excluding hydrogens is 503 g/mol. The number of carbonyl (C=O) groups excluding carboxylic acids is 2. The van der Waals surface area contributed by atoms with Crippen molar-refractivity contribution in [3.8, 4) is 11.5 Å². The summed E-state index contributed by atoms with van der Waals surface area (Å²) in [6, 6.07) is 17.0. The molecule has 0 saturated carbocycles. The van der Waals surface area contributed by atoms with Gasteiger partial charge in [0.25, 0.3) is 11.8 Å². The maximum absolute atomic E-state index is 13.4. The van der Waals surface area contributed by atoms with Crippen LogP contribution in [0, 0.1) is 5.82 Å². The Morgan fingerprint density at radius 2 is 1.74 bits per heavy atom. The van der Waals surface area contributed by atoms with Gasteiger partial charge in [0.2, 0.25) is 0 Å². The Balaban J connectivity index is 1.68. The zero-order valence-electron chi connectivity index (χ0n) is 21.1. The normalized spacial score (nSPS) is 14.4. The number of methoxy groups -OCH3 is 1. The topological polar surface area (TPSA) is 67.9 Å². The molecular formula is C30H27FN2O4S. The Kier molecular flexibility index (Phi) is 8.33. The Morgan fingerprint density at radius 1 is 1.05 bits per heavy atom. The molecule has 3 aromatic rings. The number of carbonyl (C=O) groups is 2. The zero-order valence-corrected chi connectivity index (χ0v) is 21.9. The second kappa shape index (κ2) is 11.8. The molecule has 0 radical (unpaired) electrons. The molecule has 2 amide bonds. The predicted molar refractivity (Wildman–Crippen MR) is 150 cm³/mol. The van der Waals surface area contributed by atoms with Crippen LogP contribution in [0.2, 0.25) is 0 Å². The number of nitrogens with zero attached hydrogens (tertiary/aromatic N) is 1. The lowest BCUT2D eigenvalue weighted by Gasteiger charge is -2.29. The maximum atomic E-state index is 13.4. The van der Waals surface area contributed by atoms with Gasteiger partial charge in [0.05, 0.1) is 12.8 Å². The Labute approximate surface area is 226 Å². The van der Waals surface area contributed by atoms with Gasteiger partial charge in [-0.25, -0.2) is 4.39 Å². The molecule has 1 heterocycles. The third-order valence-corrected chi connectivity index (χ3v) is 6.33. The summed E-state index contributed by atoms with van der Waals surface area (Å²) in [5, 5.41) is 2.63. The van der Waals surface area contributed by atoms with Gasteiger partial charge in [0, 0.05) is 5.56 Å². The lowest BCUT2D eigenvalue weighted by molar-refractivity contribution is -0.122. The molecule has 0 spiro atoms. The van der Waals surface area contributed by atoms with Crippen molar-refractivity contribution in [1.29, 1.82) is 0 Å². The van der Waals surface area contributed by atoms with E-state index in [1.807, 2.05) is 25.1 Å². The Hall–Kier alpha value is -4.30. The fourth-order valence-corrected chi connectivity index (χ4v) is 4.35.